The lowest BCUT2D eigenvalue weighted by atomic mass is 10.1. The summed E-state index contributed by atoms with van der Waals surface area (Å²) in [6, 6.07) is 12.8. The maximum Gasteiger partial charge on any atom is 0.203 e. The van der Waals surface area contributed by atoms with Crippen LogP contribution >= 0.6 is 15.9 Å². The first-order chi connectivity index (χ1) is 10.1. The third-order valence-electron chi connectivity index (χ3n) is 2.99. The molecule has 3 nitrogen and oxygen atoms in total. The van der Waals surface area contributed by atoms with Crippen LogP contribution < -0.4 is 9.47 Å². The number of benzene rings is 2. The van der Waals surface area contributed by atoms with Gasteiger partial charge in [0.05, 0.1) is 12.2 Å². The molecule has 0 atom stereocenters. The van der Waals surface area contributed by atoms with Gasteiger partial charge in [0.25, 0.3) is 0 Å². The fourth-order valence-corrected chi connectivity index (χ4v) is 2.16. The molecule has 0 radical (unpaired) electrons. The normalized spacial score (nSPS) is 10.2. The van der Waals surface area contributed by atoms with Crippen molar-refractivity contribution < 1.29 is 14.3 Å². The summed E-state index contributed by atoms with van der Waals surface area (Å²) in [6.45, 7) is 4.38. The van der Waals surface area contributed by atoms with E-state index in [9.17, 15) is 4.79 Å². The van der Waals surface area contributed by atoms with Crippen LogP contribution in [0.3, 0.4) is 0 Å². The van der Waals surface area contributed by atoms with E-state index in [2.05, 4.69) is 15.9 Å². The Labute approximate surface area is 133 Å². The summed E-state index contributed by atoms with van der Waals surface area (Å²) in [5.41, 5.74) is 1.61. The number of ketones is 1. The molecule has 0 spiro atoms. The zero-order valence-electron chi connectivity index (χ0n) is 12.1. The molecule has 0 N–H and O–H groups in total. The lowest BCUT2D eigenvalue weighted by Crippen LogP contribution is -2.13. The third-order valence-corrected chi connectivity index (χ3v) is 3.88. The monoisotopic (exact) mass is 348 g/mol. The number of carbonyl (C=O) groups is 1. The summed E-state index contributed by atoms with van der Waals surface area (Å²) in [4.78, 5) is 12.3. The second-order valence-corrected chi connectivity index (χ2v) is 5.41. The second-order valence-electron chi connectivity index (χ2n) is 4.55. The molecule has 0 heterocycles. The van der Waals surface area contributed by atoms with Crippen LogP contribution in [0.1, 0.15) is 22.8 Å². The number of hydrogen-bond acceptors (Lipinski definition) is 3. The Morgan fingerprint density at radius 1 is 1.14 bits per heavy atom. The number of aryl methyl sites for hydroxylation is 1. The van der Waals surface area contributed by atoms with Gasteiger partial charge in [0.15, 0.2) is 6.61 Å². The number of ether oxygens (including phenoxy) is 2. The molecule has 2 aromatic rings. The van der Waals surface area contributed by atoms with Crippen molar-refractivity contribution in [1.82, 2.24) is 0 Å². The van der Waals surface area contributed by atoms with E-state index in [1.165, 1.54) is 0 Å². The topological polar surface area (TPSA) is 35.5 Å². The Bertz CT molecular complexity index is 638. The van der Waals surface area contributed by atoms with Gasteiger partial charge in [0, 0.05) is 4.47 Å². The summed E-state index contributed by atoms with van der Waals surface area (Å²) >= 11 is 3.43. The molecule has 110 valence electrons. The highest BCUT2D eigenvalue weighted by Gasteiger charge is 2.12. The summed E-state index contributed by atoms with van der Waals surface area (Å²) in [6.07, 6.45) is 0. The SMILES string of the molecule is CCOc1ccccc1C(=O)COc1ccc(Br)c(C)c1. The van der Waals surface area contributed by atoms with Crippen molar-refractivity contribution in [3.63, 3.8) is 0 Å². The van der Waals surface area contributed by atoms with Gasteiger partial charge in [-0.3, -0.25) is 4.79 Å². The summed E-state index contributed by atoms with van der Waals surface area (Å²) in [5.74, 6) is 1.18. The van der Waals surface area contributed by atoms with E-state index < -0.39 is 0 Å². The van der Waals surface area contributed by atoms with Gasteiger partial charge in [-0.1, -0.05) is 28.1 Å². The van der Waals surface area contributed by atoms with Gasteiger partial charge in [-0.15, -0.1) is 0 Å². The van der Waals surface area contributed by atoms with Crippen molar-refractivity contribution in [1.29, 1.82) is 0 Å². The largest absolute Gasteiger partial charge is 0.493 e. The highest BCUT2D eigenvalue weighted by molar-refractivity contribution is 9.10. The van der Waals surface area contributed by atoms with Crippen LogP contribution in [0.5, 0.6) is 11.5 Å². The van der Waals surface area contributed by atoms with Gasteiger partial charge >= 0.3 is 0 Å². The second kappa shape index (κ2) is 7.27. The molecule has 4 heteroatoms. The van der Waals surface area contributed by atoms with Gasteiger partial charge in [-0.05, 0) is 49.7 Å². The minimum absolute atomic E-state index is 0.00877. The van der Waals surface area contributed by atoms with Crippen molar-refractivity contribution >= 4 is 21.7 Å². The zero-order valence-corrected chi connectivity index (χ0v) is 13.6. The van der Waals surface area contributed by atoms with Crippen LogP contribution in [-0.2, 0) is 0 Å². The highest BCUT2D eigenvalue weighted by Crippen LogP contribution is 2.23. The third kappa shape index (κ3) is 4.08. The van der Waals surface area contributed by atoms with Crippen molar-refractivity contribution in [3.05, 3.63) is 58.1 Å². The van der Waals surface area contributed by atoms with Gasteiger partial charge in [0.2, 0.25) is 5.78 Å². The van der Waals surface area contributed by atoms with Crippen molar-refractivity contribution in [2.75, 3.05) is 13.2 Å². The number of hydrogen-bond donors (Lipinski definition) is 0. The molecular formula is C17H17BrO3. The van der Waals surface area contributed by atoms with E-state index in [4.69, 9.17) is 9.47 Å². The molecule has 0 aromatic heterocycles. The molecule has 0 aliphatic rings. The van der Waals surface area contributed by atoms with Crippen LogP contribution in [0.4, 0.5) is 0 Å². The van der Waals surface area contributed by atoms with E-state index >= 15 is 0 Å². The summed E-state index contributed by atoms with van der Waals surface area (Å²) < 4.78 is 12.0. The molecule has 0 saturated carbocycles. The van der Waals surface area contributed by atoms with Gasteiger partial charge in [-0.2, -0.15) is 0 Å². The standard InChI is InChI=1S/C17H17BrO3/c1-3-20-17-7-5-4-6-14(17)16(19)11-21-13-8-9-15(18)12(2)10-13/h4-10H,3,11H2,1-2H3. The first-order valence-corrected chi connectivity index (χ1v) is 7.55. The average Bonchev–Trinajstić information content (AvgIpc) is 2.49. The number of para-hydroxylation sites is 1. The molecule has 0 fully saturated rings. The van der Waals surface area contributed by atoms with E-state index in [-0.39, 0.29) is 12.4 Å². The Morgan fingerprint density at radius 3 is 2.62 bits per heavy atom. The fraction of sp³-hybridized carbons (Fsp3) is 0.235. The lowest BCUT2D eigenvalue weighted by Gasteiger charge is -2.10. The predicted molar refractivity (Wildman–Crippen MR) is 86.3 cm³/mol. The van der Waals surface area contributed by atoms with E-state index in [1.54, 1.807) is 12.1 Å². The number of halogens is 1. The van der Waals surface area contributed by atoms with E-state index in [0.29, 0.717) is 23.7 Å². The lowest BCUT2D eigenvalue weighted by molar-refractivity contribution is 0.0917. The maximum absolute atomic E-state index is 12.3. The molecule has 0 unspecified atom stereocenters. The molecular weight excluding hydrogens is 332 g/mol. The summed E-state index contributed by atoms with van der Waals surface area (Å²) in [5, 5.41) is 0. The maximum atomic E-state index is 12.3. The van der Waals surface area contributed by atoms with Crippen LogP contribution in [0.25, 0.3) is 0 Å². The average molecular weight is 349 g/mol. The Balaban J connectivity index is 2.06. The van der Waals surface area contributed by atoms with Crippen LogP contribution in [0.15, 0.2) is 46.9 Å². The van der Waals surface area contributed by atoms with Gasteiger partial charge in [0.1, 0.15) is 11.5 Å². The zero-order chi connectivity index (χ0) is 15.2. The van der Waals surface area contributed by atoms with E-state index in [0.717, 1.165) is 10.0 Å². The Hall–Kier alpha value is -1.81. The first-order valence-electron chi connectivity index (χ1n) is 6.75. The van der Waals surface area contributed by atoms with Crippen molar-refractivity contribution in [2.24, 2.45) is 0 Å². The van der Waals surface area contributed by atoms with Gasteiger partial charge < -0.3 is 9.47 Å². The van der Waals surface area contributed by atoms with Crippen molar-refractivity contribution in [3.8, 4) is 11.5 Å². The number of rotatable bonds is 6. The first kappa shape index (κ1) is 15.6. The Kier molecular flexibility index (Phi) is 5.39. The van der Waals surface area contributed by atoms with Crippen LogP contribution in [-0.4, -0.2) is 19.0 Å². The molecule has 0 saturated heterocycles. The van der Waals surface area contributed by atoms with Crippen LogP contribution in [0, 0.1) is 6.92 Å². The molecule has 2 rings (SSSR count). The molecule has 0 amide bonds. The highest BCUT2D eigenvalue weighted by atomic mass is 79.9. The predicted octanol–water partition coefficient (Wildman–Crippen LogP) is 4.42. The molecule has 0 aliphatic carbocycles. The fourth-order valence-electron chi connectivity index (χ4n) is 1.91. The minimum Gasteiger partial charge on any atom is -0.493 e. The van der Waals surface area contributed by atoms with Crippen molar-refractivity contribution in [2.45, 2.75) is 13.8 Å². The smallest absolute Gasteiger partial charge is 0.203 e. The quantitative estimate of drug-likeness (QED) is 0.725. The number of Topliss-reactive ketones (excluding diaryl/α,β-unsaturated/α-hetero) is 1. The summed E-state index contributed by atoms with van der Waals surface area (Å²) in [7, 11) is 0. The van der Waals surface area contributed by atoms with Gasteiger partial charge in [-0.25, -0.2) is 0 Å². The minimum atomic E-state index is -0.0976. The van der Waals surface area contributed by atoms with E-state index in [1.807, 2.05) is 44.2 Å². The Morgan fingerprint density at radius 2 is 1.90 bits per heavy atom. The van der Waals surface area contributed by atoms with Crippen LogP contribution in [0.2, 0.25) is 0 Å². The number of carbonyl (C=O) groups excluding carboxylic acids is 1. The molecule has 2 aromatic carbocycles. The molecule has 21 heavy (non-hydrogen) atoms. The molecule has 0 bridgehead atoms. The molecule has 0 aliphatic heterocycles.